The van der Waals surface area contributed by atoms with Crippen LogP contribution in [0.2, 0.25) is 0 Å². The molecule has 5 aromatic rings. The van der Waals surface area contributed by atoms with Crippen LogP contribution >= 0.6 is 24.8 Å². The number of nitrogens with zero attached hydrogens (tertiary/aromatic N) is 3. The molecule has 1 aliphatic rings. The summed E-state index contributed by atoms with van der Waals surface area (Å²) in [6, 6.07) is 19.9. The Kier molecular flexibility index (Phi) is 11.1. The average molecular weight is 699 g/mol. The number of ether oxygens (including phenoxy) is 3. The lowest BCUT2D eigenvalue weighted by atomic mass is 10.2. The van der Waals surface area contributed by atoms with Crippen molar-refractivity contribution in [2.75, 3.05) is 18.5 Å². The number of esters is 1. The average Bonchev–Trinajstić information content (AvgIpc) is 3.76. The van der Waals surface area contributed by atoms with Gasteiger partial charge in [0.05, 0.1) is 30.0 Å². The monoisotopic (exact) mass is 697 g/mol. The Bertz CT molecular complexity index is 2010. The van der Waals surface area contributed by atoms with E-state index in [4.69, 9.17) is 19.9 Å². The van der Waals surface area contributed by atoms with E-state index in [9.17, 15) is 14.4 Å². The highest BCUT2D eigenvalue weighted by atomic mass is 35.5. The van der Waals surface area contributed by atoms with Gasteiger partial charge in [0.1, 0.15) is 22.7 Å². The van der Waals surface area contributed by atoms with Crippen LogP contribution < -0.4 is 26.1 Å². The highest BCUT2D eigenvalue weighted by Crippen LogP contribution is 2.43. The van der Waals surface area contributed by atoms with Gasteiger partial charge in [-0.15, -0.1) is 24.8 Å². The number of para-hydroxylation sites is 1. The van der Waals surface area contributed by atoms with Gasteiger partial charge in [-0.3, -0.25) is 24.0 Å². The maximum atomic E-state index is 15.2. The second kappa shape index (κ2) is 14.9. The number of aromatic nitrogens is 3. The third-order valence-corrected chi connectivity index (χ3v) is 8.00. The summed E-state index contributed by atoms with van der Waals surface area (Å²) in [4.78, 5) is 42.3. The topological polar surface area (TPSA) is 140 Å². The van der Waals surface area contributed by atoms with Crippen molar-refractivity contribution >= 4 is 53.3 Å². The number of benzene rings is 3. The summed E-state index contributed by atoms with van der Waals surface area (Å²) in [6.45, 7) is 1.87. The minimum Gasteiger partial charge on any atom is -0.493 e. The van der Waals surface area contributed by atoms with E-state index < -0.39 is 28.9 Å². The van der Waals surface area contributed by atoms with Crippen LogP contribution in [-0.2, 0) is 16.6 Å². The lowest BCUT2D eigenvalue weighted by Gasteiger charge is -2.16. The first kappa shape index (κ1) is 35.9. The van der Waals surface area contributed by atoms with E-state index >= 15 is 4.39 Å². The van der Waals surface area contributed by atoms with Crippen molar-refractivity contribution in [1.29, 1.82) is 0 Å². The highest BCUT2D eigenvalue weighted by Gasteiger charge is 2.46. The number of carbonyl (C=O) groups is 2. The zero-order valence-electron chi connectivity index (χ0n) is 26.1. The predicted molar refractivity (Wildman–Crippen MR) is 184 cm³/mol. The summed E-state index contributed by atoms with van der Waals surface area (Å²) in [5.74, 6) is -0.892. The van der Waals surface area contributed by atoms with Crippen molar-refractivity contribution in [3.8, 4) is 22.9 Å². The Morgan fingerprint density at radius 1 is 1.02 bits per heavy atom. The van der Waals surface area contributed by atoms with Crippen LogP contribution in [0.25, 0.3) is 16.6 Å². The molecule has 14 heteroatoms. The zero-order chi connectivity index (χ0) is 32.4. The largest absolute Gasteiger partial charge is 0.493 e. The van der Waals surface area contributed by atoms with Crippen LogP contribution in [0.1, 0.15) is 35.3 Å². The lowest BCUT2D eigenvalue weighted by molar-refractivity contribution is -0.150. The second-order valence-electron chi connectivity index (χ2n) is 11.1. The number of amides is 1. The minimum atomic E-state index is -0.710. The fourth-order valence-electron chi connectivity index (χ4n) is 5.26. The van der Waals surface area contributed by atoms with Gasteiger partial charge in [0.25, 0.3) is 11.5 Å². The Labute approximate surface area is 287 Å². The maximum Gasteiger partial charge on any atom is 0.320 e. The fraction of sp³-hybridized carbons (Fsp3) is 0.235. The molecule has 0 saturated heterocycles. The van der Waals surface area contributed by atoms with Gasteiger partial charge in [0, 0.05) is 42.9 Å². The molecule has 1 fully saturated rings. The summed E-state index contributed by atoms with van der Waals surface area (Å²) in [6.07, 6.45) is 3.67. The molecule has 0 atom stereocenters. The molecule has 2 heterocycles. The molecule has 48 heavy (non-hydrogen) atoms. The molecule has 6 rings (SSSR count). The van der Waals surface area contributed by atoms with Crippen LogP contribution in [0.5, 0.6) is 17.2 Å². The van der Waals surface area contributed by atoms with Crippen molar-refractivity contribution in [3.05, 3.63) is 106 Å². The van der Waals surface area contributed by atoms with Gasteiger partial charge in [-0.25, -0.2) is 9.07 Å². The highest BCUT2D eigenvalue weighted by molar-refractivity contribution is 6.05. The Hall–Kier alpha value is -4.91. The molecule has 11 nitrogen and oxygen atoms in total. The number of carbonyl (C=O) groups excluding carboxylic acids is 2. The van der Waals surface area contributed by atoms with Crippen molar-refractivity contribution in [3.63, 3.8) is 0 Å². The maximum absolute atomic E-state index is 15.2. The summed E-state index contributed by atoms with van der Waals surface area (Å²) >= 11 is 0. The normalized spacial score (nSPS) is 12.8. The smallest absolute Gasteiger partial charge is 0.320 e. The van der Waals surface area contributed by atoms with Crippen molar-refractivity contribution in [2.45, 2.75) is 31.8 Å². The predicted octanol–water partition coefficient (Wildman–Crippen LogP) is 5.86. The molecule has 1 saturated carbocycles. The molecule has 3 aromatic carbocycles. The van der Waals surface area contributed by atoms with E-state index in [0.717, 1.165) is 18.9 Å². The van der Waals surface area contributed by atoms with E-state index in [0.29, 0.717) is 46.8 Å². The van der Waals surface area contributed by atoms with Gasteiger partial charge < -0.3 is 25.3 Å². The molecule has 0 aliphatic heterocycles. The number of hydrogen-bond acceptors (Lipinski definition) is 8. The molecule has 0 spiro atoms. The molecule has 0 unspecified atom stereocenters. The van der Waals surface area contributed by atoms with Gasteiger partial charge >= 0.3 is 5.97 Å². The number of pyridine rings is 1. The molecule has 0 radical (unpaired) electrons. The number of anilines is 1. The van der Waals surface area contributed by atoms with Crippen LogP contribution in [0, 0.1) is 12.7 Å². The van der Waals surface area contributed by atoms with Gasteiger partial charge in [0.15, 0.2) is 11.6 Å². The van der Waals surface area contributed by atoms with Gasteiger partial charge in [-0.1, -0.05) is 18.2 Å². The summed E-state index contributed by atoms with van der Waals surface area (Å²) in [5.41, 5.74) is 6.16. The number of nitrogens with two attached hydrogens (primary N) is 1. The first-order valence-corrected chi connectivity index (χ1v) is 14.7. The first-order valence-electron chi connectivity index (χ1n) is 14.7. The fourth-order valence-corrected chi connectivity index (χ4v) is 5.26. The van der Waals surface area contributed by atoms with E-state index in [-0.39, 0.29) is 48.4 Å². The number of nitrogens with one attached hydrogen (secondary N) is 1. The number of halogens is 3. The molecular formula is C34H34Cl2FN5O6. The van der Waals surface area contributed by atoms with E-state index in [2.05, 4.69) is 10.3 Å². The van der Waals surface area contributed by atoms with E-state index in [1.807, 2.05) is 6.07 Å². The summed E-state index contributed by atoms with van der Waals surface area (Å²) in [7, 11) is 1.69. The molecule has 252 valence electrons. The van der Waals surface area contributed by atoms with Crippen LogP contribution in [0.15, 0.2) is 83.8 Å². The number of fused-ring (bicyclic) bond motifs is 1. The molecule has 0 bridgehead atoms. The standard InChI is InChI=1S/C34H32FN5O6.2ClH/c1-21-31(33(43)40(39(21)2)23-6-4-3-5-7-23)32(42)38-22-8-11-29(26(35)18-22)45-28-12-16-37-27-19-24(9-10-25(27)28)44-17-15-34(13-14-34)46-30(41)20-36;;/h3-12,16,18-19H,13-15,17,20,36H2,1-2H3,(H,38,42);2*1H. The summed E-state index contributed by atoms with van der Waals surface area (Å²) in [5, 5.41) is 3.26. The lowest BCUT2D eigenvalue weighted by Crippen LogP contribution is -2.26. The Morgan fingerprint density at radius 2 is 1.77 bits per heavy atom. The second-order valence-corrected chi connectivity index (χ2v) is 11.1. The van der Waals surface area contributed by atoms with Crippen molar-refractivity contribution in [2.24, 2.45) is 12.8 Å². The van der Waals surface area contributed by atoms with E-state index in [1.165, 1.54) is 16.8 Å². The van der Waals surface area contributed by atoms with Crippen molar-refractivity contribution < 1.29 is 28.2 Å². The van der Waals surface area contributed by atoms with Crippen LogP contribution in [0.4, 0.5) is 10.1 Å². The van der Waals surface area contributed by atoms with Gasteiger partial charge in [-0.2, -0.15) is 0 Å². The van der Waals surface area contributed by atoms with Crippen molar-refractivity contribution in [1.82, 2.24) is 14.3 Å². The van der Waals surface area contributed by atoms with Gasteiger partial charge in [-0.05, 0) is 62.2 Å². The molecule has 2 aromatic heterocycles. The minimum absolute atomic E-state index is 0. The Balaban J connectivity index is 0.00000260. The molecular weight excluding hydrogens is 664 g/mol. The number of hydrogen-bond donors (Lipinski definition) is 2. The third kappa shape index (κ3) is 7.46. The van der Waals surface area contributed by atoms with Gasteiger partial charge in [0.2, 0.25) is 0 Å². The molecule has 3 N–H and O–H groups in total. The SMILES string of the molecule is Cc1c(C(=O)Nc2ccc(Oc3ccnc4cc(OCCC5(OC(=O)CN)CC5)ccc34)c(F)c2)c(=O)n(-c2ccccc2)n1C.Cl.Cl. The number of rotatable bonds is 11. The molecule has 1 amide bonds. The third-order valence-electron chi connectivity index (χ3n) is 8.00. The zero-order valence-corrected chi connectivity index (χ0v) is 27.7. The quantitative estimate of drug-likeness (QED) is 0.164. The van der Waals surface area contributed by atoms with Crippen LogP contribution in [0.3, 0.4) is 0 Å². The molecule has 1 aliphatic carbocycles. The van der Waals surface area contributed by atoms with Crippen LogP contribution in [-0.4, -0.2) is 45.0 Å². The summed E-state index contributed by atoms with van der Waals surface area (Å²) < 4.78 is 35.5. The first-order chi connectivity index (χ1) is 22.2. The van der Waals surface area contributed by atoms with E-state index in [1.54, 1.807) is 73.4 Å². The Morgan fingerprint density at radius 3 is 2.46 bits per heavy atom.